The molecule has 0 bridgehead atoms. The number of likely N-dealkylation sites (N-methyl/N-ethyl adjacent to an activating group) is 2. The Morgan fingerprint density at radius 2 is 1.03 bits per heavy atom. The van der Waals surface area contributed by atoms with Crippen LogP contribution in [-0.4, -0.2) is 138 Å². The molecule has 0 saturated carbocycles. The van der Waals surface area contributed by atoms with Crippen LogP contribution in [0.4, 0.5) is 32.2 Å². The van der Waals surface area contributed by atoms with Crippen molar-refractivity contribution in [2.24, 2.45) is 14.1 Å². The summed E-state index contributed by atoms with van der Waals surface area (Å²) >= 11 is 5.92. The molecule has 0 spiro atoms. The van der Waals surface area contributed by atoms with Crippen LogP contribution in [-0.2, 0) is 26.9 Å². The molecular formula is C48H49ClF6N14O4. The number of nitrogens with one attached hydrogen (secondary N) is 1. The maximum atomic E-state index is 12.4. The van der Waals surface area contributed by atoms with Gasteiger partial charge in [0.05, 0.1) is 0 Å². The van der Waals surface area contributed by atoms with Crippen molar-refractivity contribution in [3.05, 3.63) is 126 Å². The number of anilines is 1. The smallest absolute Gasteiger partial charge is 0.406 e. The topological polar surface area (TPSA) is 179 Å². The van der Waals surface area contributed by atoms with Crippen molar-refractivity contribution in [2.75, 3.05) is 71.4 Å². The molecule has 0 aliphatic carbocycles. The van der Waals surface area contributed by atoms with Gasteiger partial charge in [0.15, 0.2) is 0 Å². The van der Waals surface area contributed by atoms with E-state index in [9.17, 15) is 26.3 Å². The van der Waals surface area contributed by atoms with Gasteiger partial charge < -0.3 is 47.7 Å². The van der Waals surface area contributed by atoms with Crippen molar-refractivity contribution < 1.29 is 44.9 Å². The molecule has 73 heavy (non-hydrogen) atoms. The molecule has 8 heterocycles. The predicted octanol–water partition coefficient (Wildman–Crippen LogP) is 7.97. The minimum Gasteiger partial charge on any atom is -0.406 e. The summed E-state index contributed by atoms with van der Waals surface area (Å²) in [7, 11) is 8.01. The third kappa shape index (κ3) is 14.8. The molecule has 0 amide bonds. The van der Waals surface area contributed by atoms with Crippen LogP contribution in [0.3, 0.4) is 0 Å². The molecule has 10 rings (SSSR count). The Balaban J connectivity index is 0.000000174. The van der Waals surface area contributed by atoms with Gasteiger partial charge in [-0.05, 0) is 98.0 Å². The van der Waals surface area contributed by atoms with Crippen molar-refractivity contribution in [1.29, 1.82) is 0 Å². The van der Waals surface area contributed by atoms with Crippen LogP contribution < -0.4 is 19.7 Å². The molecular weight excluding hydrogens is 986 g/mol. The Hall–Kier alpha value is -7.41. The van der Waals surface area contributed by atoms with Crippen LogP contribution >= 0.6 is 11.6 Å². The van der Waals surface area contributed by atoms with Gasteiger partial charge in [-0.1, -0.05) is 21.9 Å². The van der Waals surface area contributed by atoms with Crippen LogP contribution in [0.5, 0.6) is 11.5 Å². The maximum Gasteiger partial charge on any atom is 0.573 e. The lowest BCUT2D eigenvalue weighted by Gasteiger charge is -2.33. The average Bonchev–Trinajstić information content (AvgIpc) is 4.18. The lowest BCUT2D eigenvalue weighted by Crippen LogP contribution is -2.44. The van der Waals surface area contributed by atoms with Gasteiger partial charge in [0.1, 0.15) is 45.5 Å². The first-order valence-electron chi connectivity index (χ1n) is 22.7. The van der Waals surface area contributed by atoms with Gasteiger partial charge in [-0.3, -0.25) is 0 Å². The number of nitrogens with zero attached hydrogens (tertiary/aromatic N) is 13. The third-order valence-corrected chi connectivity index (χ3v) is 11.6. The van der Waals surface area contributed by atoms with Crippen LogP contribution in [0.25, 0.3) is 45.9 Å². The van der Waals surface area contributed by atoms with Crippen molar-refractivity contribution in [3.63, 3.8) is 0 Å². The van der Waals surface area contributed by atoms with Gasteiger partial charge in [-0.15, -0.1) is 26.3 Å². The Morgan fingerprint density at radius 1 is 0.575 bits per heavy atom. The molecule has 18 nitrogen and oxygen atoms in total. The monoisotopic (exact) mass is 1030 g/mol. The molecule has 2 fully saturated rings. The molecule has 0 radical (unpaired) electrons. The SMILES string of the molecule is CN1CCN(c2cc(Cc3nc(-c4nc(-c5ccc(OC(F)(F)F)cc5)no4)cn3C)ccn2)CC1.CN1CCNCC1.Cn1cc(-c2nc(-c3ccc(OC(F)(F)F)cc3)no2)nc1Cc1ccnc(Cl)c1. The number of imidazole rings is 2. The molecule has 384 valence electrons. The number of alkyl halides is 6. The number of rotatable bonds is 11. The second-order valence-corrected chi connectivity index (χ2v) is 17.4. The second kappa shape index (κ2) is 23.0. The quantitative estimate of drug-likeness (QED) is 0.0973. The Labute approximate surface area is 419 Å². The van der Waals surface area contributed by atoms with E-state index in [4.69, 9.17) is 20.6 Å². The number of halogens is 7. The van der Waals surface area contributed by atoms with E-state index in [0.717, 1.165) is 67.9 Å². The standard InChI is InChI=1S/C24H24F3N7O2.C19H13ClF3N5O2.C5H12N2/c1-32-9-11-34(12-10-32)20-13-16(7-8-28-20)14-21-29-19(15-33(21)2)23-30-22(31-36-23)17-3-5-18(6-4-17)35-24(25,26)27;1-28-10-14(25-16(28)9-11-6-7-24-15(20)8-11)18-26-17(27-30-18)12-2-4-13(5-3-12)29-19(21,22)23;1-7-4-2-6-3-5-7/h3-8,13,15H,9-12,14H2,1-2H3;2-8,10H,9H2,1H3;6H,2-5H2,1H3. The van der Waals surface area contributed by atoms with Gasteiger partial charge in [-0.25, -0.2) is 19.9 Å². The van der Waals surface area contributed by atoms with E-state index in [0.29, 0.717) is 40.5 Å². The zero-order chi connectivity index (χ0) is 51.7. The van der Waals surface area contributed by atoms with E-state index in [1.165, 1.54) is 61.6 Å². The number of ether oxygens (including phenoxy) is 2. The summed E-state index contributed by atoms with van der Waals surface area (Å²) in [6, 6.07) is 18.1. The van der Waals surface area contributed by atoms with E-state index >= 15 is 0 Å². The van der Waals surface area contributed by atoms with Crippen LogP contribution in [0.1, 0.15) is 22.8 Å². The van der Waals surface area contributed by atoms with Crippen LogP contribution in [0.15, 0.2) is 107 Å². The predicted molar refractivity (Wildman–Crippen MR) is 256 cm³/mol. The van der Waals surface area contributed by atoms with Gasteiger partial charge in [0.25, 0.3) is 11.8 Å². The number of aryl methyl sites for hydroxylation is 2. The maximum absolute atomic E-state index is 12.4. The lowest BCUT2D eigenvalue weighted by molar-refractivity contribution is -0.275. The summed E-state index contributed by atoms with van der Waals surface area (Å²) in [6.07, 6.45) is -1.38. The highest BCUT2D eigenvalue weighted by atomic mass is 35.5. The summed E-state index contributed by atoms with van der Waals surface area (Å²) in [4.78, 5) is 33.3. The molecule has 1 N–H and O–H groups in total. The van der Waals surface area contributed by atoms with Crippen molar-refractivity contribution in [1.82, 2.24) is 64.5 Å². The normalized spacial score (nSPS) is 14.5. The van der Waals surface area contributed by atoms with Gasteiger partial charge in [0.2, 0.25) is 11.6 Å². The van der Waals surface area contributed by atoms with E-state index in [2.05, 4.69) is 89.9 Å². The summed E-state index contributed by atoms with van der Waals surface area (Å²) < 4.78 is 96.0. The number of pyridine rings is 2. The first-order valence-corrected chi connectivity index (χ1v) is 23.1. The van der Waals surface area contributed by atoms with E-state index in [1.807, 2.05) is 41.6 Å². The molecule has 2 aliphatic rings. The van der Waals surface area contributed by atoms with Crippen molar-refractivity contribution in [3.8, 4) is 57.4 Å². The summed E-state index contributed by atoms with van der Waals surface area (Å²) in [5.74, 6) is 2.73. The minimum atomic E-state index is -4.75. The molecule has 2 aliphatic heterocycles. The fourth-order valence-corrected chi connectivity index (χ4v) is 7.71. The molecule has 2 saturated heterocycles. The Bertz CT molecular complexity index is 3040. The first-order chi connectivity index (χ1) is 34.9. The highest BCUT2D eigenvalue weighted by Gasteiger charge is 2.32. The highest BCUT2D eigenvalue weighted by Crippen LogP contribution is 2.29. The zero-order valence-electron chi connectivity index (χ0n) is 39.9. The molecule has 25 heteroatoms. The summed E-state index contributed by atoms with van der Waals surface area (Å²) in [6.45, 7) is 8.64. The largest absolute Gasteiger partial charge is 0.573 e. The summed E-state index contributed by atoms with van der Waals surface area (Å²) in [5.41, 5.74) is 3.99. The number of benzene rings is 2. The number of hydrogen-bond acceptors (Lipinski definition) is 16. The first kappa shape index (κ1) is 51.9. The van der Waals surface area contributed by atoms with Crippen LogP contribution in [0.2, 0.25) is 5.15 Å². The van der Waals surface area contributed by atoms with Gasteiger partial charge >= 0.3 is 12.7 Å². The van der Waals surface area contributed by atoms with Gasteiger partial charge in [0, 0.05) is 115 Å². The molecule has 0 atom stereocenters. The van der Waals surface area contributed by atoms with E-state index in [1.54, 1.807) is 24.7 Å². The second-order valence-electron chi connectivity index (χ2n) is 17.0. The molecule has 2 aromatic carbocycles. The molecule has 6 aromatic heterocycles. The fourth-order valence-electron chi connectivity index (χ4n) is 7.52. The minimum absolute atomic E-state index is 0.190. The Kier molecular flexibility index (Phi) is 16.4. The zero-order valence-corrected chi connectivity index (χ0v) is 40.7. The van der Waals surface area contributed by atoms with Crippen LogP contribution in [0, 0.1) is 0 Å². The molecule has 0 unspecified atom stereocenters. The van der Waals surface area contributed by atoms with E-state index in [-0.39, 0.29) is 34.9 Å². The average molecular weight is 1040 g/mol. The highest BCUT2D eigenvalue weighted by molar-refractivity contribution is 6.29. The molecule has 8 aromatic rings. The number of aromatic nitrogens is 10. The number of hydrogen-bond donors (Lipinski definition) is 1. The van der Waals surface area contributed by atoms with E-state index < -0.39 is 12.7 Å². The summed E-state index contributed by atoms with van der Waals surface area (Å²) in [5, 5.41) is 11.5. The van der Waals surface area contributed by atoms with Gasteiger partial charge in [-0.2, -0.15) is 9.97 Å². The third-order valence-electron chi connectivity index (χ3n) is 11.4. The van der Waals surface area contributed by atoms with Crippen molar-refractivity contribution >= 4 is 17.4 Å². The number of piperazine rings is 2. The Morgan fingerprint density at radius 3 is 1.47 bits per heavy atom. The lowest BCUT2D eigenvalue weighted by atomic mass is 10.1. The fraction of sp³-hybridized carbons (Fsp3) is 0.333. The van der Waals surface area contributed by atoms with Crippen molar-refractivity contribution in [2.45, 2.75) is 25.6 Å².